The van der Waals surface area contributed by atoms with Crippen LogP contribution >= 0.6 is 11.6 Å². The Balaban J connectivity index is 2.71. The Kier molecular flexibility index (Phi) is 7.02. The number of methoxy groups -OCH3 is 1. The Bertz CT molecular complexity index is 514. The summed E-state index contributed by atoms with van der Waals surface area (Å²) >= 11 is 5.86. The number of benzene rings is 1. The monoisotopic (exact) mass is 310 g/mol. The third-order valence-electron chi connectivity index (χ3n) is 3.12. The van der Waals surface area contributed by atoms with Crippen LogP contribution in [0.4, 0.5) is 0 Å². The van der Waals surface area contributed by atoms with E-state index in [4.69, 9.17) is 21.9 Å². The van der Waals surface area contributed by atoms with E-state index in [1.165, 1.54) is 7.11 Å². The number of rotatable bonds is 8. The van der Waals surface area contributed by atoms with Crippen LogP contribution in [0.5, 0.6) is 0 Å². The zero-order valence-electron chi connectivity index (χ0n) is 12.2. The molecule has 1 aromatic rings. The van der Waals surface area contributed by atoms with Gasteiger partial charge in [-0.1, -0.05) is 28.8 Å². The predicted octanol–water partition coefficient (Wildman–Crippen LogP) is 3.10. The molecule has 0 bridgehead atoms. The van der Waals surface area contributed by atoms with Crippen molar-refractivity contribution in [3.05, 3.63) is 45.3 Å². The van der Waals surface area contributed by atoms with E-state index >= 15 is 0 Å². The minimum Gasteiger partial charge on any atom is -0.468 e. The molecule has 0 aromatic heterocycles. The summed E-state index contributed by atoms with van der Waals surface area (Å²) in [5.74, 6) is -0.332. The van der Waals surface area contributed by atoms with Crippen LogP contribution in [0.15, 0.2) is 29.4 Å². The number of azide groups is 1. The molecule has 0 spiro atoms. The summed E-state index contributed by atoms with van der Waals surface area (Å²) in [4.78, 5) is 14.7. The molecule has 6 nitrogen and oxygen atoms in total. The zero-order valence-corrected chi connectivity index (χ0v) is 12.9. The summed E-state index contributed by atoms with van der Waals surface area (Å²) in [6.07, 6.45) is 1.13. The molecular weight excluding hydrogens is 292 g/mol. The summed E-state index contributed by atoms with van der Waals surface area (Å²) in [5, 5.41) is 7.29. The largest absolute Gasteiger partial charge is 0.468 e. The highest BCUT2D eigenvalue weighted by molar-refractivity contribution is 6.30. The fraction of sp³-hybridized carbons (Fsp3) is 0.500. The van der Waals surface area contributed by atoms with Gasteiger partial charge in [0.15, 0.2) is 0 Å². The molecule has 114 valence electrons. The van der Waals surface area contributed by atoms with Gasteiger partial charge in [0.25, 0.3) is 0 Å². The van der Waals surface area contributed by atoms with E-state index in [0.29, 0.717) is 31.0 Å². The lowest BCUT2D eigenvalue weighted by Gasteiger charge is -2.28. The molecular formula is C14H19ClN4O2. The normalized spacial score (nSPS) is 13.1. The number of carbonyl (C=O) groups is 1. The predicted molar refractivity (Wildman–Crippen MR) is 82.2 cm³/mol. The number of hydrogen-bond donors (Lipinski definition) is 1. The molecule has 7 heteroatoms. The summed E-state index contributed by atoms with van der Waals surface area (Å²) in [5.41, 5.74) is 8.37. The van der Waals surface area contributed by atoms with Gasteiger partial charge in [0, 0.05) is 22.9 Å². The Morgan fingerprint density at radius 1 is 1.48 bits per heavy atom. The van der Waals surface area contributed by atoms with Crippen molar-refractivity contribution in [2.45, 2.75) is 25.3 Å². The van der Waals surface area contributed by atoms with E-state index in [0.717, 1.165) is 5.56 Å². The molecule has 0 saturated heterocycles. The smallest absolute Gasteiger partial charge is 0.326 e. The molecule has 1 N–H and O–H groups in total. The van der Waals surface area contributed by atoms with Crippen LogP contribution in [0.1, 0.15) is 18.9 Å². The van der Waals surface area contributed by atoms with Crippen LogP contribution in [0.25, 0.3) is 10.4 Å². The third-order valence-corrected chi connectivity index (χ3v) is 3.37. The van der Waals surface area contributed by atoms with Gasteiger partial charge in [-0.05, 0) is 43.1 Å². The molecule has 1 aromatic carbocycles. The summed E-state index contributed by atoms with van der Waals surface area (Å²) < 4.78 is 4.88. The van der Waals surface area contributed by atoms with Crippen molar-refractivity contribution < 1.29 is 9.53 Å². The van der Waals surface area contributed by atoms with E-state index < -0.39 is 5.54 Å². The molecule has 0 amide bonds. The first-order valence-electron chi connectivity index (χ1n) is 6.60. The van der Waals surface area contributed by atoms with Gasteiger partial charge >= 0.3 is 5.97 Å². The lowest BCUT2D eigenvalue weighted by molar-refractivity contribution is -0.147. The summed E-state index contributed by atoms with van der Waals surface area (Å²) in [7, 11) is 1.37. The average Bonchev–Trinajstić information content (AvgIpc) is 2.48. The Morgan fingerprint density at radius 3 is 2.71 bits per heavy atom. The van der Waals surface area contributed by atoms with Crippen LogP contribution < -0.4 is 5.32 Å². The van der Waals surface area contributed by atoms with Gasteiger partial charge in [0.2, 0.25) is 0 Å². The van der Waals surface area contributed by atoms with Gasteiger partial charge in [-0.3, -0.25) is 4.79 Å². The highest BCUT2D eigenvalue weighted by atomic mass is 35.5. The van der Waals surface area contributed by atoms with Crippen LogP contribution in [0, 0.1) is 0 Å². The molecule has 0 aliphatic rings. The van der Waals surface area contributed by atoms with Crippen LogP contribution in [-0.2, 0) is 16.0 Å². The number of hydrogen-bond acceptors (Lipinski definition) is 4. The Morgan fingerprint density at radius 2 is 2.14 bits per heavy atom. The second-order valence-electron chi connectivity index (χ2n) is 4.86. The maximum atomic E-state index is 12.0. The van der Waals surface area contributed by atoms with Gasteiger partial charge < -0.3 is 10.1 Å². The quantitative estimate of drug-likeness (QED) is 0.263. The molecule has 1 rings (SSSR count). The lowest BCUT2D eigenvalue weighted by atomic mass is 9.92. The van der Waals surface area contributed by atoms with Crippen molar-refractivity contribution in [3.63, 3.8) is 0 Å². The van der Waals surface area contributed by atoms with Gasteiger partial charge in [0.1, 0.15) is 5.54 Å². The molecule has 0 aliphatic carbocycles. The van der Waals surface area contributed by atoms with Gasteiger partial charge in [-0.25, -0.2) is 0 Å². The van der Waals surface area contributed by atoms with Gasteiger partial charge in [-0.15, -0.1) is 0 Å². The molecule has 0 radical (unpaired) electrons. The van der Waals surface area contributed by atoms with E-state index in [2.05, 4.69) is 15.3 Å². The van der Waals surface area contributed by atoms with Crippen molar-refractivity contribution in [2.75, 3.05) is 20.2 Å². The number of ether oxygens (including phenoxy) is 1. The molecule has 1 unspecified atom stereocenters. The number of nitrogens with one attached hydrogen (secondary N) is 1. The number of esters is 1. The highest BCUT2D eigenvalue weighted by Gasteiger charge is 2.33. The average molecular weight is 311 g/mol. The minimum atomic E-state index is -0.834. The summed E-state index contributed by atoms with van der Waals surface area (Å²) in [6, 6.07) is 7.34. The van der Waals surface area contributed by atoms with E-state index in [-0.39, 0.29) is 5.97 Å². The van der Waals surface area contributed by atoms with Crippen LogP contribution in [0.2, 0.25) is 5.02 Å². The maximum absolute atomic E-state index is 12.0. The fourth-order valence-corrected chi connectivity index (χ4v) is 2.13. The van der Waals surface area contributed by atoms with Crippen molar-refractivity contribution >= 4 is 17.6 Å². The molecule has 0 heterocycles. The van der Waals surface area contributed by atoms with Gasteiger partial charge in [0.05, 0.1) is 7.11 Å². The first-order valence-corrected chi connectivity index (χ1v) is 6.98. The zero-order chi connectivity index (χ0) is 15.7. The molecule has 0 aliphatic heterocycles. The minimum absolute atomic E-state index is 0.332. The summed E-state index contributed by atoms with van der Waals surface area (Å²) in [6.45, 7) is 2.74. The van der Waals surface area contributed by atoms with E-state index in [9.17, 15) is 4.79 Å². The van der Waals surface area contributed by atoms with Crippen LogP contribution in [0.3, 0.4) is 0 Å². The van der Waals surface area contributed by atoms with E-state index in [1.807, 2.05) is 12.1 Å². The van der Waals surface area contributed by atoms with Crippen molar-refractivity contribution in [1.29, 1.82) is 0 Å². The number of halogens is 1. The first kappa shape index (κ1) is 17.3. The lowest BCUT2D eigenvalue weighted by Crippen LogP contribution is -2.52. The SMILES string of the molecule is COC(=O)C(C)(Cc1ccc(Cl)cc1)NCCCN=[N+]=[N-]. The standard InChI is InChI=1S/C14H19ClN4O2/c1-14(13(20)21-2,17-8-3-9-18-19-16)10-11-4-6-12(15)7-5-11/h4-7,17H,3,8-10H2,1-2H3. The molecule has 21 heavy (non-hydrogen) atoms. The fourth-order valence-electron chi connectivity index (χ4n) is 2.00. The van der Waals surface area contributed by atoms with Crippen molar-refractivity contribution in [1.82, 2.24) is 5.32 Å². The second-order valence-corrected chi connectivity index (χ2v) is 5.30. The molecule has 0 saturated carbocycles. The number of nitrogens with zero attached hydrogens (tertiary/aromatic N) is 3. The Hall–Kier alpha value is -1.75. The van der Waals surface area contributed by atoms with E-state index in [1.54, 1.807) is 19.1 Å². The maximum Gasteiger partial charge on any atom is 0.326 e. The third kappa shape index (κ3) is 5.63. The van der Waals surface area contributed by atoms with Crippen molar-refractivity contribution in [3.8, 4) is 0 Å². The molecule has 0 fully saturated rings. The topological polar surface area (TPSA) is 87.1 Å². The first-order chi connectivity index (χ1) is 10.0. The highest BCUT2D eigenvalue weighted by Crippen LogP contribution is 2.17. The number of carbonyl (C=O) groups excluding carboxylic acids is 1. The van der Waals surface area contributed by atoms with Crippen molar-refractivity contribution in [2.24, 2.45) is 5.11 Å². The second kappa shape index (κ2) is 8.52. The molecule has 1 atom stereocenters. The van der Waals surface area contributed by atoms with Gasteiger partial charge in [-0.2, -0.15) is 0 Å². The Labute approximate surface area is 129 Å². The van der Waals surface area contributed by atoms with Crippen LogP contribution in [-0.4, -0.2) is 31.7 Å².